The van der Waals surface area contributed by atoms with Crippen LogP contribution in [0.1, 0.15) is 29.9 Å². The number of rotatable bonds is 6. The molecule has 3 N–H and O–H groups in total. The number of aliphatic carboxylic acids is 1. The van der Waals surface area contributed by atoms with E-state index < -0.39 is 12.0 Å². The number of nitrogens with zero attached hydrogens (tertiary/aromatic N) is 1. The number of carboxylic acid groups (broad SMARTS) is 1. The van der Waals surface area contributed by atoms with E-state index in [1.807, 2.05) is 0 Å². The average Bonchev–Trinajstić information content (AvgIpc) is 2.79. The van der Waals surface area contributed by atoms with Gasteiger partial charge in [-0.2, -0.15) is 0 Å². The Morgan fingerprint density at radius 1 is 1.45 bits per heavy atom. The summed E-state index contributed by atoms with van der Waals surface area (Å²) in [6.07, 6.45) is 1.62. The van der Waals surface area contributed by atoms with Crippen LogP contribution in [0.25, 0.3) is 0 Å². The zero-order valence-corrected chi connectivity index (χ0v) is 11.8. The van der Waals surface area contributed by atoms with Crippen LogP contribution in [0.15, 0.2) is 12.3 Å². The molecule has 20 heavy (non-hydrogen) atoms. The van der Waals surface area contributed by atoms with Crippen LogP contribution in [0.2, 0.25) is 0 Å². The van der Waals surface area contributed by atoms with Gasteiger partial charge in [0.25, 0.3) is 5.91 Å². The van der Waals surface area contributed by atoms with Crippen molar-refractivity contribution in [1.82, 2.24) is 15.2 Å². The minimum atomic E-state index is -1.09. The van der Waals surface area contributed by atoms with E-state index in [1.165, 1.54) is 18.7 Å². The molecule has 110 valence electrons. The van der Waals surface area contributed by atoms with E-state index in [2.05, 4.69) is 10.3 Å². The third-order valence-electron chi connectivity index (χ3n) is 3.00. The van der Waals surface area contributed by atoms with Crippen LogP contribution in [0.4, 0.5) is 0 Å². The first-order valence-electron chi connectivity index (χ1n) is 6.26. The molecule has 1 aromatic heterocycles. The predicted molar refractivity (Wildman–Crippen MR) is 72.3 cm³/mol. The van der Waals surface area contributed by atoms with Gasteiger partial charge in [0.15, 0.2) is 0 Å². The van der Waals surface area contributed by atoms with E-state index in [-0.39, 0.29) is 24.9 Å². The number of carbonyl (C=O) groups is 3. The highest BCUT2D eigenvalue weighted by Gasteiger charge is 2.27. The summed E-state index contributed by atoms with van der Waals surface area (Å²) in [5.74, 6) is -1.68. The Morgan fingerprint density at radius 3 is 2.55 bits per heavy atom. The van der Waals surface area contributed by atoms with Crippen LogP contribution in [0, 0.1) is 6.92 Å². The van der Waals surface area contributed by atoms with Crippen molar-refractivity contribution in [2.24, 2.45) is 0 Å². The number of aryl methyl sites for hydroxylation is 1. The molecule has 1 rings (SSSR count). The van der Waals surface area contributed by atoms with Crippen molar-refractivity contribution < 1.29 is 19.5 Å². The van der Waals surface area contributed by atoms with Crippen LogP contribution in [-0.4, -0.2) is 51.9 Å². The molecule has 1 aromatic rings. The summed E-state index contributed by atoms with van der Waals surface area (Å²) in [6, 6.07) is 0.642. The zero-order chi connectivity index (χ0) is 15.3. The molecular weight excluding hydrogens is 262 g/mol. The first-order valence-corrected chi connectivity index (χ1v) is 6.26. The van der Waals surface area contributed by atoms with Crippen molar-refractivity contribution in [1.29, 1.82) is 0 Å². The van der Waals surface area contributed by atoms with Crippen molar-refractivity contribution in [3.8, 4) is 0 Å². The Hall–Kier alpha value is -2.31. The van der Waals surface area contributed by atoms with Gasteiger partial charge in [0.05, 0.1) is 5.56 Å². The van der Waals surface area contributed by atoms with E-state index in [0.29, 0.717) is 11.3 Å². The molecule has 1 atom stereocenters. The number of nitrogens with one attached hydrogen (secondary N) is 2. The molecule has 0 saturated heterocycles. The summed E-state index contributed by atoms with van der Waals surface area (Å²) in [6.45, 7) is 4.89. The fourth-order valence-electron chi connectivity index (χ4n) is 1.80. The SMILES string of the molecule is CC(=O)NCCN(C(=O)c1cc[nH]c1C)C(C)C(=O)O. The summed E-state index contributed by atoms with van der Waals surface area (Å²) >= 11 is 0. The van der Waals surface area contributed by atoms with Crippen molar-refractivity contribution in [3.63, 3.8) is 0 Å². The molecule has 0 aliphatic carbocycles. The molecule has 0 aromatic carbocycles. The lowest BCUT2D eigenvalue weighted by molar-refractivity contribution is -0.141. The Morgan fingerprint density at radius 2 is 2.10 bits per heavy atom. The Balaban J connectivity index is 2.87. The lowest BCUT2D eigenvalue weighted by Gasteiger charge is -2.26. The highest BCUT2D eigenvalue weighted by atomic mass is 16.4. The molecular formula is C13H19N3O4. The van der Waals surface area contributed by atoms with E-state index in [0.717, 1.165) is 0 Å². The molecule has 1 unspecified atom stereocenters. The first-order chi connectivity index (χ1) is 9.34. The monoisotopic (exact) mass is 281 g/mol. The van der Waals surface area contributed by atoms with Gasteiger partial charge in [0, 0.05) is 31.9 Å². The second-order valence-corrected chi connectivity index (χ2v) is 4.51. The molecule has 0 spiro atoms. The minimum absolute atomic E-state index is 0.135. The van der Waals surface area contributed by atoms with Crippen molar-refractivity contribution >= 4 is 17.8 Å². The number of carbonyl (C=O) groups excluding carboxylic acids is 2. The number of amides is 2. The third kappa shape index (κ3) is 3.84. The molecule has 7 heteroatoms. The number of hydrogen-bond donors (Lipinski definition) is 3. The zero-order valence-electron chi connectivity index (χ0n) is 11.8. The first kappa shape index (κ1) is 15.7. The van der Waals surface area contributed by atoms with Crippen LogP contribution in [-0.2, 0) is 9.59 Å². The van der Waals surface area contributed by atoms with Gasteiger partial charge in [0.2, 0.25) is 5.91 Å². The molecule has 0 aliphatic heterocycles. The van der Waals surface area contributed by atoms with Gasteiger partial charge in [-0.1, -0.05) is 0 Å². The van der Waals surface area contributed by atoms with E-state index in [9.17, 15) is 14.4 Å². The van der Waals surface area contributed by atoms with E-state index in [4.69, 9.17) is 5.11 Å². The Labute approximate surface area is 117 Å². The van der Waals surface area contributed by atoms with Crippen molar-refractivity contribution in [2.75, 3.05) is 13.1 Å². The van der Waals surface area contributed by atoms with Crippen LogP contribution >= 0.6 is 0 Å². The minimum Gasteiger partial charge on any atom is -0.480 e. The highest BCUT2D eigenvalue weighted by molar-refractivity contribution is 5.97. The largest absolute Gasteiger partial charge is 0.480 e. The Kier molecular flexibility index (Phi) is 5.31. The van der Waals surface area contributed by atoms with Crippen LogP contribution in [0.3, 0.4) is 0 Å². The maximum Gasteiger partial charge on any atom is 0.326 e. The maximum absolute atomic E-state index is 12.4. The molecule has 0 radical (unpaired) electrons. The van der Waals surface area contributed by atoms with Gasteiger partial charge in [-0.25, -0.2) is 4.79 Å². The van der Waals surface area contributed by atoms with Crippen LogP contribution < -0.4 is 5.32 Å². The second-order valence-electron chi connectivity index (χ2n) is 4.51. The smallest absolute Gasteiger partial charge is 0.326 e. The van der Waals surface area contributed by atoms with Crippen molar-refractivity contribution in [3.05, 3.63) is 23.5 Å². The number of aromatic amines is 1. The van der Waals surface area contributed by atoms with Crippen LogP contribution in [0.5, 0.6) is 0 Å². The summed E-state index contributed by atoms with van der Waals surface area (Å²) in [4.78, 5) is 38.4. The number of carboxylic acids is 1. The summed E-state index contributed by atoms with van der Waals surface area (Å²) in [5.41, 5.74) is 1.11. The fourth-order valence-corrected chi connectivity index (χ4v) is 1.80. The van der Waals surface area contributed by atoms with E-state index >= 15 is 0 Å². The van der Waals surface area contributed by atoms with Gasteiger partial charge in [-0.05, 0) is 19.9 Å². The lowest BCUT2D eigenvalue weighted by Crippen LogP contribution is -2.46. The van der Waals surface area contributed by atoms with Gasteiger partial charge in [-0.15, -0.1) is 0 Å². The quantitative estimate of drug-likeness (QED) is 0.701. The predicted octanol–water partition coefficient (Wildman–Crippen LogP) is 0.375. The topological polar surface area (TPSA) is 103 Å². The highest BCUT2D eigenvalue weighted by Crippen LogP contribution is 2.12. The molecule has 0 aliphatic rings. The molecule has 1 heterocycles. The van der Waals surface area contributed by atoms with Gasteiger partial charge in [-0.3, -0.25) is 9.59 Å². The number of hydrogen-bond acceptors (Lipinski definition) is 3. The fraction of sp³-hybridized carbons (Fsp3) is 0.462. The molecule has 2 amide bonds. The average molecular weight is 281 g/mol. The number of aromatic nitrogens is 1. The van der Waals surface area contributed by atoms with Gasteiger partial charge < -0.3 is 20.3 Å². The summed E-state index contributed by atoms with van der Waals surface area (Å²) < 4.78 is 0. The molecule has 0 fully saturated rings. The maximum atomic E-state index is 12.4. The lowest BCUT2D eigenvalue weighted by atomic mass is 10.2. The molecule has 7 nitrogen and oxygen atoms in total. The summed E-state index contributed by atoms with van der Waals surface area (Å²) in [5, 5.41) is 11.6. The van der Waals surface area contributed by atoms with E-state index in [1.54, 1.807) is 19.2 Å². The molecule has 0 bridgehead atoms. The van der Waals surface area contributed by atoms with Gasteiger partial charge >= 0.3 is 5.97 Å². The second kappa shape index (κ2) is 6.74. The standard InChI is InChI=1S/C13H19N3O4/c1-8-11(4-5-14-8)12(18)16(9(2)13(19)20)7-6-15-10(3)17/h4-5,9,14H,6-7H2,1-3H3,(H,15,17)(H,19,20). The normalized spacial score (nSPS) is 11.8. The molecule has 0 saturated carbocycles. The van der Waals surface area contributed by atoms with Gasteiger partial charge in [0.1, 0.15) is 6.04 Å². The Bertz CT molecular complexity index is 509. The number of H-pyrrole nitrogens is 1. The third-order valence-corrected chi connectivity index (χ3v) is 3.00. The van der Waals surface area contributed by atoms with Crippen molar-refractivity contribution in [2.45, 2.75) is 26.8 Å². The summed E-state index contributed by atoms with van der Waals surface area (Å²) in [7, 11) is 0.